The summed E-state index contributed by atoms with van der Waals surface area (Å²) < 4.78 is 11.1. The summed E-state index contributed by atoms with van der Waals surface area (Å²) in [6.45, 7) is 5.78. The van der Waals surface area contributed by atoms with E-state index < -0.39 is 0 Å². The average molecular weight is 262 g/mol. The molecule has 6 heteroatoms. The molecule has 2 N–H and O–H groups in total. The lowest BCUT2D eigenvalue weighted by Gasteiger charge is -2.12. The zero-order valence-electron chi connectivity index (χ0n) is 11.1. The highest BCUT2D eigenvalue weighted by molar-refractivity contribution is 5.43. The average Bonchev–Trinajstić information content (AvgIpc) is 2.93. The highest BCUT2D eigenvalue weighted by atomic mass is 16.5. The molecule has 0 atom stereocenters. The minimum absolute atomic E-state index is 0.610. The second kappa shape index (κ2) is 6.63. The van der Waals surface area contributed by atoms with E-state index in [0.29, 0.717) is 25.7 Å². The summed E-state index contributed by atoms with van der Waals surface area (Å²) in [4.78, 5) is 4.00. The zero-order chi connectivity index (χ0) is 13.5. The number of benzene rings is 1. The summed E-state index contributed by atoms with van der Waals surface area (Å²) >= 11 is 0. The summed E-state index contributed by atoms with van der Waals surface area (Å²) in [5.74, 6) is 2.18. The number of rotatable bonds is 7. The predicted molar refractivity (Wildman–Crippen MR) is 72.5 cm³/mol. The maximum absolute atomic E-state index is 5.58. The van der Waals surface area contributed by atoms with Gasteiger partial charge in [-0.2, -0.15) is 5.10 Å². The minimum atomic E-state index is 0.610. The van der Waals surface area contributed by atoms with E-state index in [9.17, 15) is 0 Å². The molecule has 102 valence electrons. The Labute approximate surface area is 112 Å². The van der Waals surface area contributed by atoms with Gasteiger partial charge in [0.15, 0.2) is 11.5 Å². The van der Waals surface area contributed by atoms with E-state index in [2.05, 4.69) is 20.5 Å². The van der Waals surface area contributed by atoms with Gasteiger partial charge in [-0.25, -0.2) is 10.1 Å². The molecule has 0 spiro atoms. The topological polar surface area (TPSA) is 72.1 Å². The van der Waals surface area contributed by atoms with Gasteiger partial charge in [-0.05, 0) is 31.5 Å². The van der Waals surface area contributed by atoms with Crippen molar-refractivity contribution in [2.45, 2.75) is 20.4 Å². The van der Waals surface area contributed by atoms with Crippen molar-refractivity contribution in [1.29, 1.82) is 0 Å². The Morgan fingerprint density at radius 3 is 2.63 bits per heavy atom. The Morgan fingerprint density at radius 1 is 1.16 bits per heavy atom. The van der Waals surface area contributed by atoms with Crippen LogP contribution in [0.5, 0.6) is 11.5 Å². The standard InChI is InChI=1S/C13H18N4O2/c1-3-18-11-6-5-10(7-12(11)19-4-2)8-14-13-15-9-16-17-13/h5-7,9H,3-4,8H2,1-2H3,(H2,14,15,16,17). The van der Waals surface area contributed by atoms with Crippen molar-refractivity contribution in [3.63, 3.8) is 0 Å². The monoisotopic (exact) mass is 262 g/mol. The molecular weight excluding hydrogens is 244 g/mol. The van der Waals surface area contributed by atoms with Crippen LogP contribution < -0.4 is 14.8 Å². The van der Waals surface area contributed by atoms with Crippen molar-refractivity contribution < 1.29 is 9.47 Å². The first kappa shape index (κ1) is 13.2. The lowest BCUT2D eigenvalue weighted by molar-refractivity contribution is 0.287. The highest BCUT2D eigenvalue weighted by Gasteiger charge is 2.06. The van der Waals surface area contributed by atoms with Crippen LogP contribution in [-0.2, 0) is 6.54 Å². The Hall–Kier alpha value is -2.24. The number of nitrogens with zero attached hydrogens (tertiary/aromatic N) is 2. The Balaban J connectivity index is 2.06. The maximum atomic E-state index is 5.58. The van der Waals surface area contributed by atoms with Gasteiger partial charge in [0, 0.05) is 6.54 Å². The first-order valence-corrected chi connectivity index (χ1v) is 6.31. The number of hydrogen-bond donors (Lipinski definition) is 2. The molecule has 0 saturated heterocycles. The molecule has 0 unspecified atom stereocenters. The van der Waals surface area contributed by atoms with Crippen molar-refractivity contribution in [3.05, 3.63) is 30.1 Å². The number of hydrogen-bond acceptors (Lipinski definition) is 5. The lowest BCUT2D eigenvalue weighted by Crippen LogP contribution is -2.03. The SMILES string of the molecule is CCOc1ccc(CNc2ncn[nH]2)cc1OCC. The Kier molecular flexibility index (Phi) is 4.60. The van der Waals surface area contributed by atoms with Gasteiger partial charge in [0.1, 0.15) is 6.33 Å². The number of aromatic nitrogens is 3. The molecule has 0 saturated carbocycles. The fraction of sp³-hybridized carbons (Fsp3) is 0.385. The first-order chi connectivity index (χ1) is 9.33. The van der Waals surface area contributed by atoms with Crippen molar-refractivity contribution in [1.82, 2.24) is 15.2 Å². The summed E-state index contributed by atoms with van der Waals surface area (Å²) in [6, 6.07) is 5.89. The largest absolute Gasteiger partial charge is 0.490 e. The molecule has 0 aliphatic heterocycles. The minimum Gasteiger partial charge on any atom is -0.490 e. The summed E-state index contributed by atoms with van der Waals surface area (Å²) in [5.41, 5.74) is 1.09. The third-order valence-corrected chi connectivity index (χ3v) is 2.48. The van der Waals surface area contributed by atoms with Crippen LogP contribution in [0.3, 0.4) is 0 Å². The maximum Gasteiger partial charge on any atom is 0.218 e. The van der Waals surface area contributed by atoms with Crippen LogP contribution in [0, 0.1) is 0 Å². The molecule has 6 nitrogen and oxygen atoms in total. The van der Waals surface area contributed by atoms with Gasteiger partial charge >= 0.3 is 0 Å². The highest BCUT2D eigenvalue weighted by Crippen LogP contribution is 2.28. The summed E-state index contributed by atoms with van der Waals surface area (Å²) in [5, 5.41) is 9.66. The van der Waals surface area contributed by atoms with Crippen LogP contribution in [0.1, 0.15) is 19.4 Å². The van der Waals surface area contributed by atoms with E-state index in [1.807, 2.05) is 32.0 Å². The van der Waals surface area contributed by atoms with Crippen LogP contribution >= 0.6 is 0 Å². The van der Waals surface area contributed by atoms with Gasteiger partial charge in [0.05, 0.1) is 13.2 Å². The van der Waals surface area contributed by atoms with Gasteiger partial charge in [-0.3, -0.25) is 0 Å². The molecule has 0 bridgehead atoms. The predicted octanol–water partition coefficient (Wildman–Crippen LogP) is 2.21. The molecule has 0 aliphatic rings. The van der Waals surface area contributed by atoms with Gasteiger partial charge in [-0.1, -0.05) is 6.07 Å². The van der Waals surface area contributed by atoms with E-state index >= 15 is 0 Å². The van der Waals surface area contributed by atoms with E-state index in [-0.39, 0.29) is 0 Å². The Bertz CT molecular complexity index is 499. The molecule has 1 heterocycles. The molecule has 2 rings (SSSR count). The van der Waals surface area contributed by atoms with E-state index in [1.165, 1.54) is 6.33 Å². The number of H-pyrrole nitrogens is 1. The molecular formula is C13H18N4O2. The normalized spacial score (nSPS) is 10.2. The van der Waals surface area contributed by atoms with Crippen molar-refractivity contribution in [2.24, 2.45) is 0 Å². The first-order valence-electron chi connectivity index (χ1n) is 6.31. The lowest BCUT2D eigenvalue weighted by atomic mass is 10.2. The number of nitrogens with one attached hydrogen (secondary N) is 2. The fourth-order valence-electron chi connectivity index (χ4n) is 1.68. The van der Waals surface area contributed by atoms with Crippen molar-refractivity contribution >= 4 is 5.95 Å². The Morgan fingerprint density at radius 2 is 1.95 bits per heavy atom. The number of ether oxygens (including phenoxy) is 2. The van der Waals surface area contributed by atoms with Crippen LogP contribution in [-0.4, -0.2) is 28.4 Å². The van der Waals surface area contributed by atoms with Crippen LogP contribution in [0.2, 0.25) is 0 Å². The number of aromatic amines is 1. The third-order valence-electron chi connectivity index (χ3n) is 2.48. The quantitative estimate of drug-likeness (QED) is 0.800. The van der Waals surface area contributed by atoms with Crippen molar-refractivity contribution in [2.75, 3.05) is 18.5 Å². The van der Waals surface area contributed by atoms with Crippen LogP contribution in [0.25, 0.3) is 0 Å². The van der Waals surface area contributed by atoms with Gasteiger partial charge < -0.3 is 14.8 Å². The molecule has 0 amide bonds. The molecule has 0 radical (unpaired) electrons. The van der Waals surface area contributed by atoms with Gasteiger partial charge in [0.25, 0.3) is 0 Å². The molecule has 2 aromatic rings. The molecule has 0 aliphatic carbocycles. The van der Waals surface area contributed by atoms with Crippen LogP contribution in [0.4, 0.5) is 5.95 Å². The van der Waals surface area contributed by atoms with Crippen LogP contribution in [0.15, 0.2) is 24.5 Å². The summed E-state index contributed by atoms with van der Waals surface area (Å²) in [6.07, 6.45) is 1.46. The van der Waals surface area contributed by atoms with E-state index in [4.69, 9.17) is 9.47 Å². The second-order valence-electron chi connectivity index (χ2n) is 3.83. The molecule has 19 heavy (non-hydrogen) atoms. The van der Waals surface area contributed by atoms with E-state index in [1.54, 1.807) is 0 Å². The molecule has 0 fully saturated rings. The number of anilines is 1. The second-order valence-corrected chi connectivity index (χ2v) is 3.83. The molecule has 1 aromatic heterocycles. The fourth-order valence-corrected chi connectivity index (χ4v) is 1.68. The van der Waals surface area contributed by atoms with Gasteiger partial charge in [0.2, 0.25) is 5.95 Å². The van der Waals surface area contributed by atoms with E-state index in [0.717, 1.165) is 17.1 Å². The summed E-state index contributed by atoms with van der Waals surface area (Å²) in [7, 11) is 0. The van der Waals surface area contributed by atoms with Gasteiger partial charge in [-0.15, -0.1) is 0 Å². The zero-order valence-corrected chi connectivity index (χ0v) is 11.1. The smallest absolute Gasteiger partial charge is 0.218 e. The van der Waals surface area contributed by atoms with Crippen molar-refractivity contribution in [3.8, 4) is 11.5 Å². The third kappa shape index (κ3) is 3.61. The molecule has 1 aromatic carbocycles.